The number of benzene rings is 1. The molecule has 0 bridgehead atoms. The molecule has 0 saturated carbocycles. The molecule has 0 fully saturated rings. The zero-order valence-electron chi connectivity index (χ0n) is 9.50. The van der Waals surface area contributed by atoms with Gasteiger partial charge in [-0.1, -0.05) is 23.8 Å². The molecule has 1 heterocycles. The smallest absolute Gasteiger partial charge is 0.267 e. The summed E-state index contributed by atoms with van der Waals surface area (Å²) in [6, 6.07) is 6.73. The fraction of sp³-hybridized carbons (Fsp3) is 0.167. The van der Waals surface area contributed by atoms with E-state index in [-0.39, 0.29) is 4.90 Å². The van der Waals surface area contributed by atoms with Gasteiger partial charge in [0, 0.05) is 24.5 Å². The summed E-state index contributed by atoms with van der Waals surface area (Å²) in [6.07, 6.45) is 5.27. The lowest BCUT2D eigenvalue weighted by Crippen LogP contribution is -2.24. The molecule has 0 aromatic heterocycles. The van der Waals surface area contributed by atoms with Gasteiger partial charge in [-0.3, -0.25) is 0 Å². The molecular formula is C12H14N2O2S. The van der Waals surface area contributed by atoms with Gasteiger partial charge in [0.15, 0.2) is 0 Å². The third kappa shape index (κ3) is 2.34. The van der Waals surface area contributed by atoms with Crippen LogP contribution in [-0.2, 0) is 10.0 Å². The van der Waals surface area contributed by atoms with Crippen molar-refractivity contribution in [1.82, 2.24) is 4.31 Å². The summed E-state index contributed by atoms with van der Waals surface area (Å²) in [6.45, 7) is 1.91. The molecule has 0 saturated heterocycles. The Labute approximate surface area is 101 Å². The Morgan fingerprint density at radius 2 is 1.88 bits per heavy atom. The van der Waals surface area contributed by atoms with Gasteiger partial charge in [0.05, 0.1) is 4.90 Å². The molecule has 4 nitrogen and oxygen atoms in total. The molecule has 1 aliphatic heterocycles. The highest BCUT2D eigenvalue weighted by Gasteiger charge is 2.21. The second kappa shape index (κ2) is 4.25. The van der Waals surface area contributed by atoms with Gasteiger partial charge in [0.2, 0.25) is 0 Å². The van der Waals surface area contributed by atoms with Gasteiger partial charge in [0.25, 0.3) is 10.0 Å². The third-order valence-corrected chi connectivity index (χ3v) is 4.15. The van der Waals surface area contributed by atoms with E-state index >= 15 is 0 Å². The number of sulfonamides is 1. The van der Waals surface area contributed by atoms with Gasteiger partial charge in [-0.15, -0.1) is 0 Å². The van der Waals surface area contributed by atoms with E-state index in [0.717, 1.165) is 9.87 Å². The van der Waals surface area contributed by atoms with E-state index in [1.165, 1.54) is 12.4 Å². The molecule has 2 rings (SSSR count). The van der Waals surface area contributed by atoms with Crippen molar-refractivity contribution in [2.24, 2.45) is 5.73 Å². The minimum Gasteiger partial charge on any atom is -0.401 e. The standard InChI is InChI=1S/C12H14N2O2S/c1-10-4-6-12(7-5-10)17(15,16)14-8-2-3-11(13)9-14/h2,4-9H,3,13H2,1H3. The first kappa shape index (κ1) is 11.7. The first-order chi connectivity index (χ1) is 8.00. The summed E-state index contributed by atoms with van der Waals surface area (Å²) in [5, 5.41) is 0. The largest absolute Gasteiger partial charge is 0.401 e. The molecule has 0 amide bonds. The molecule has 17 heavy (non-hydrogen) atoms. The van der Waals surface area contributed by atoms with E-state index in [4.69, 9.17) is 5.73 Å². The summed E-state index contributed by atoms with van der Waals surface area (Å²) in [4.78, 5) is 0.263. The van der Waals surface area contributed by atoms with Crippen molar-refractivity contribution in [3.8, 4) is 0 Å². The van der Waals surface area contributed by atoms with Crippen LogP contribution in [0.4, 0.5) is 0 Å². The number of rotatable bonds is 2. The van der Waals surface area contributed by atoms with Crippen molar-refractivity contribution >= 4 is 10.0 Å². The number of nitrogens with zero attached hydrogens (tertiary/aromatic N) is 1. The fourth-order valence-corrected chi connectivity index (χ4v) is 2.78. The molecule has 5 heteroatoms. The van der Waals surface area contributed by atoms with Crippen LogP contribution in [-0.4, -0.2) is 12.7 Å². The predicted octanol–water partition coefficient (Wildman–Crippen LogP) is 1.70. The SMILES string of the molecule is Cc1ccc(S(=O)(=O)N2C=CCC(N)=C2)cc1. The highest BCUT2D eigenvalue weighted by molar-refractivity contribution is 7.89. The Hall–Kier alpha value is -1.75. The van der Waals surface area contributed by atoms with Gasteiger partial charge in [-0.2, -0.15) is 0 Å². The third-order valence-electron chi connectivity index (χ3n) is 2.50. The molecule has 0 spiro atoms. The molecule has 2 N–H and O–H groups in total. The van der Waals surface area contributed by atoms with Crippen molar-refractivity contribution in [1.29, 1.82) is 0 Å². The highest BCUT2D eigenvalue weighted by Crippen LogP contribution is 2.20. The van der Waals surface area contributed by atoms with Gasteiger partial charge < -0.3 is 5.73 Å². The first-order valence-electron chi connectivity index (χ1n) is 5.23. The summed E-state index contributed by atoms with van der Waals surface area (Å²) in [5.74, 6) is 0. The monoisotopic (exact) mass is 250 g/mol. The molecule has 1 aliphatic rings. The molecular weight excluding hydrogens is 236 g/mol. The quantitative estimate of drug-likeness (QED) is 0.869. The summed E-state index contributed by atoms with van der Waals surface area (Å²) in [7, 11) is -3.52. The zero-order chi connectivity index (χ0) is 12.5. The van der Waals surface area contributed by atoms with Gasteiger partial charge in [-0.25, -0.2) is 12.7 Å². The lowest BCUT2D eigenvalue weighted by molar-refractivity contribution is 0.548. The average molecular weight is 250 g/mol. The number of allylic oxidation sites excluding steroid dienone is 1. The van der Waals surface area contributed by atoms with Gasteiger partial charge in [-0.05, 0) is 19.1 Å². The molecule has 0 aliphatic carbocycles. The number of hydrogen-bond donors (Lipinski definition) is 1. The predicted molar refractivity (Wildman–Crippen MR) is 66.2 cm³/mol. The van der Waals surface area contributed by atoms with Gasteiger partial charge in [0.1, 0.15) is 0 Å². The summed E-state index contributed by atoms with van der Waals surface area (Å²) < 4.78 is 25.6. The Bertz CT molecular complexity index is 571. The van der Waals surface area contributed by atoms with E-state index in [9.17, 15) is 8.42 Å². The van der Waals surface area contributed by atoms with Crippen LogP contribution in [0.15, 0.2) is 53.3 Å². The maximum atomic E-state index is 12.2. The Kier molecular flexibility index (Phi) is 2.93. The topological polar surface area (TPSA) is 63.4 Å². The van der Waals surface area contributed by atoms with E-state index in [2.05, 4.69) is 0 Å². The second-order valence-electron chi connectivity index (χ2n) is 3.94. The van der Waals surface area contributed by atoms with Crippen LogP contribution in [0.2, 0.25) is 0 Å². The average Bonchev–Trinajstić information content (AvgIpc) is 2.29. The van der Waals surface area contributed by atoms with E-state index < -0.39 is 10.0 Å². The first-order valence-corrected chi connectivity index (χ1v) is 6.67. The Balaban J connectivity index is 2.40. The molecule has 1 aromatic rings. The lowest BCUT2D eigenvalue weighted by Gasteiger charge is -2.20. The van der Waals surface area contributed by atoms with Crippen LogP contribution < -0.4 is 5.73 Å². The van der Waals surface area contributed by atoms with Crippen LogP contribution in [0.1, 0.15) is 12.0 Å². The number of nitrogens with two attached hydrogens (primary N) is 1. The lowest BCUT2D eigenvalue weighted by atomic mass is 10.2. The van der Waals surface area contributed by atoms with Crippen molar-refractivity contribution in [2.45, 2.75) is 18.2 Å². The van der Waals surface area contributed by atoms with Crippen molar-refractivity contribution in [3.05, 3.63) is 54.0 Å². The van der Waals surface area contributed by atoms with E-state index in [0.29, 0.717) is 12.1 Å². The maximum Gasteiger partial charge on any atom is 0.267 e. The number of hydrogen-bond acceptors (Lipinski definition) is 3. The van der Waals surface area contributed by atoms with E-state index in [1.807, 2.05) is 6.92 Å². The van der Waals surface area contributed by atoms with Crippen LogP contribution in [0, 0.1) is 6.92 Å². The second-order valence-corrected chi connectivity index (χ2v) is 5.78. The molecule has 0 radical (unpaired) electrons. The Morgan fingerprint density at radius 3 is 2.47 bits per heavy atom. The van der Waals surface area contributed by atoms with Crippen molar-refractivity contribution < 1.29 is 8.42 Å². The van der Waals surface area contributed by atoms with Crippen molar-refractivity contribution in [3.63, 3.8) is 0 Å². The summed E-state index contributed by atoms with van der Waals surface area (Å²) in [5.41, 5.74) is 7.18. The maximum absolute atomic E-state index is 12.2. The fourth-order valence-electron chi connectivity index (χ4n) is 1.53. The minimum atomic E-state index is -3.52. The Morgan fingerprint density at radius 1 is 1.24 bits per heavy atom. The molecule has 90 valence electrons. The summed E-state index contributed by atoms with van der Waals surface area (Å²) >= 11 is 0. The molecule has 0 unspecified atom stereocenters. The normalized spacial score (nSPS) is 15.8. The van der Waals surface area contributed by atoms with Crippen LogP contribution in [0.25, 0.3) is 0 Å². The molecule has 1 aromatic carbocycles. The van der Waals surface area contributed by atoms with Crippen LogP contribution >= 0.6 is 0 Å². The molecule has 0 atom stereocenters. The van der Waals surface area contributed by atoms with Crippen LogP contribution in [0.3, 0.4) is 0 Å². The number of aryl methyl sites for hydroxylation is 1. The van der Waals surface area contributed by atoms with Crippen LogP contribution in [0.5, 0.6) is 0 Å². The van der Waals surface area contributed by atoms with Crippen molar-refractivity contribution in [2.75, 3.05) is 0 Å². The van der Waals surface area contributed by atoms with E-state index in [1.54, 1.807) is 30.3 Å². The minimum absolute atomic E-state index is 0.263. The van der Waals surface area contributed by atoms with Gasteiger partial charge >= 0.3 is 0 Å². The highest BCUT2D eigenvalue weighted by atomic mass is 32.2. The zero-order valence-corrected chi connectivity index (χ0v) is 10.3.